The zero-order valence-electron chi connectivity index (χ0n) is 18.1. The van der Waals surface area contributed by atoms with E-state index < -0.39 is 11.6 Å². The van der Waals surface area contributed by atoms with Crippen molar-refractivity contribution in [2.45, 2.75) is 26.4 Å². The van der Waals surface area contributed by atoms with E-state index in [1.54, 1.807) is 23.4 Å². The van der Waals surface area contributed by atoms with Gasteiger partial charge in [0.05, 0.1) is 31.1 Å². The highest BCUT2D eigenvalue weighted by molar-refractivity contribution is 5.92. The average Bonchev–Trinajstić information content (AvgIpc) is 3.31. The number of carbonyl (C=O) groups excluding carboxylic acids is 1. The van der Waals surface area contributed by atoms with E-state index >= 15 is 0 Å². The van der Waals surface area contributed by atoms with Crippen LogP contribution in [0.25, 0.3) is 0 Å². The summed E-state index contributed by atoms with van der Waals surface area (Å²) in [5, 5.41) is 4.53. The summed E-state index contributed by atoms with van der Waals surface area (Å²) in [5.41, 5.74) is 2.16. The summed E-state index contributed by atoms with van der Waals surface area (Å²) < 4.78 is 44.9. The summed E-state index contributed by atoms with van der Waals surface area (Å²) in [6, 6.07) is 5.33. The van der Waals surface area contributed by atoms with Crippen LogP contribution in [0.1, 0.15) is 39.6 Å². The van der Waals surface area contributed by atoms with Gasteiger partial charge in [-0.3, -0.25) is 9.48 Å². The summed E-state index contributed by atoms with van der Waals surface area (Å²) in [7, 11) is 1.81. The fraction of sp³-hybridized carbons (Fsp3) is 0.409. The molecule has 0 spiro atoms. The molecule has 1 saturated heterocycles. The van der Waals surface area contributed by atoms with Gasteiger partial charge in [0.25, 0.3) is 5.91 Å². The molecule has 3 aromatic rings. The third kappa shape index (κ3) is 4.64. The van der Waals surface area contributed by atoms with E-state index in [0.717, 1.165) is 17.8 Å². The molecule has 1 aliphatic heterocycles. The predicted octanol–water partition coefficient (Wildman–Crippen LogP) is 3.14. The van der Waals surface area contributed by atoms with Crippen molar-refractivity contribution >= 4 is 5.91 Å². The minimum absolute atomic E-state index is 0.215. The van der Waals surface area contributed by atoms with Gasteiger partial charge >= 0.3 is 0 Å². The summed E-state index contributed by atoms with van der Waals surface area (Å²) in [5.74, 6) is -1.12. The Bertz CT molecular complexity index is 1130. The fourth-order valence-electron chi connectivity index (χ4n) is 3.65. The molecular formula is C22H24F2N4O4. The number of amides is 1. The van der Waals surface area contributed by atoms with Gasteiger partial charge in [-0.25, -0.2) is 13.8 Å². The Balaban J connectivity index is 1.38. The van der Waals surface area contributed by atoms with Crippen LogP contribution >= 0.6 is 0 Å². The first-order valence-electron chi connectivity index (χ1n) is 10.3. The first kappa shape index (κ1) is 21.9. The Morgan fingerprint density at radius 2 is 2.06 bits per heavy atom. The average molecular weight is 446 g/mol. The number of ether oxygens (including phenoxy) is 2. The number of halogens is 2. The lowest BCUT2D eigenvalue weighted by molar-refractivity contribution is -0.0259. The van der Waals surface area contributed by atoms with Crippen LogP contribution < -0.4 is 4.74 Å². The molecule has 2 aromatic heterocycles. The van der Waals surface area contributed by atoms with Crippen LogP contribution in [0.5, 0.6) is 5.75 Å². The quantitative estimate of drug-likeness (QED) is 0.579. The third-order valence-electron chi connectivity index (χ3n) is 5.29. The van der Waals surface area contributed by atoms with Crippen molar-refractivity contribution in [1.29, 1.82) is 0 Å². The highest BCUT2D eigenvalue weighted by atomic mass is 19.2. The number of aromatic nitrogens is 3. The monoisotopic (exact) mass is 446 g/mol. The maximum atomic E-state index is 13.3. The molecule has 0 bridgehead atoms. The predicted molar refractivity (Wildman–Crippen MR) is 109 cm³/mol. The molecule has 1 aromatic carbocycles. The molecule has 0 N–H and O–H groups in total. The number of rotatable bonds is 6. The van der Waals surface area contributed by atoms with Crippen molar-refractivity contribution in [1.82, 2.24) is 19.7 Å². The van der Waals surface area contributed by atoms with Gasteiger partial charge in [-0.2, -0.15) is 5.10 Å². The van der Waals surface area contributed by atoms with Gasteiger partial charge in [0.1, 0.15) is 11.9 Å². The van der Waals surface area contributed by atoms with Crippen LogP contribution in [-0.4, -0.2) is 51.9 Å². The van der Waals surface area contributed by atoms with Gasteiger partial charge in [0, 0.05) is 38.7 Å². The van der Waals surface area contributed by atoms with Gasteiger partial charge < -0.3 is 18.8 Å². The number of oxazole rings is 1. The molecule has 1 aliphatic rings. The molecule has 0 aliphatic carbocycles. The Labute approximate surface area is 183 Å². The lowest BCUT2D eigenvalue weighted by Crippen LogP contribution is -2.42. The second kappa shape index (κ2) is 9.07. The fourth-order valence-corrected chi connectivity index (χ4v) is 3.65. The lowest BCUT2D eigenvalue weighted by atomic mass is 10.1. The molecule has 1 fully saturated rings. The molecule has 3 heterocycles. The SMILES string of the molecule is Cc1nc(C)c(C(=O)N2CCO[C@@H](c3cc(CCOc4ccc(F)c(F)c4)n(C)n3)C2)o1. The molecule has 0 unspecified atom stereocenters. The molecule has 0 saturated carbocycles. The topological polar surface area (TPSA) is 82.6 Å². The number of hydrogen-bond donors (Lipinski definition) is 0. The Morgan fingerprint density at radius 3 is 2.78 bits per heavy atom. The highest BCUT2D eigenvalue weighted by Gasteiger charge is 2.30. The summed E-state index contributed by atoms with van der Waals surface area (Å²) in [4.78, 5) is 18.7. The Hall–Kier alpha value is -3.27. The summed E-state index contributed by atoms with van der Waals surface area (Å²) >= 11 is 0. The van der Waals surface area contributed by atoms with Crippen LogP contribution in [0, 0.1) is 25.5 Å². The van der Waals surface area contributed by atoms with E-state index in [9.17, 15) is 13.6 Å². The zero-order chi connectivity index (χ0) is 22.8. The minimum atomic E-state index is -0.949. The van der Waals surface area contributed by atoms with Gasteiger partial charge in [-0.1, -0.05) is 0 Å². The molecule has 1 amide bonds. The number of aryl methyl sites for hydroxylation is 3. The van der Waals surface area contributed by atoms with Gasteiger partial charge in [-0.15, -0.1) is 0 Å². The Morgan fingerprint density at radius 1 is 1.25 bits per heavy atom. The number of benzene rings is 1. The number of morpholine rings is 1. The number of carbonyl (C=O) groups is 1. The van der Waals surface area contributed by atoms with Crippen LogP contribution in [0.3, 0.4) is 0 Å². The number of nitrogens with zero attached hydrogens (tertiary/aromatic N) is 4. The van der Waals surface area contributed by atoms with Gasteiger partial charge in [-0.05, 0) is 25.1 Å². The third-order valence-corrected chi connectivity index (χ3v) is 5.29. The van der Waals surface area contributed by atoms with E-state index in [1.807, 2.05) is 13.1 Å². The summed E-state index contributed by atoms with van der Waals surface area (Å²) in [6.07, 6.45) is 0.137. The van der Waals surface area contributed by atoms with Crippen molar-refractivity contribution in [3.63, 3.8) is 0 Å². The van der Waals surface area contributed by atoms with Crippen molar-refractivity contribution in [2.75, 3.05) is 26.3 Å². The molecule has 8 nitrogen and oxygen atoms in total. The molecular weight excluding hydrogens is 422 g/mol. The first-order valence-corrected chi connectivity index (χ1v) is 10.3. The Kier molecular flexibility index (Phi) is 6.22. The van der Waals surface area contributed by atoms with Crippen molar-refractivity contribution < 1.29 is 27.5 Å². The van der Waals surface area contributed by atoms with E-state index in [-0.39, 0.29) is 30.1 Å². The van der Waals surface area contributed by atoms with Crippen LogP contribution in [0.15, 0.2) is 28.7 Å². The van der Waals surface area contributed by atoms with Crippen LogP contribution in [0.2, 0.25) is 0 Å². The van der Waals surface area contributed by atoms with Crippen molar-refractivity contribution in [3.05, 3.63) is 64.6 Å². The van der Waals surface area contributed by atoms with Crippen molar-refractivity contribution in [3.8, 4) is 5.75 Å². The smallest absolute Gasteiger partial charge is 0.291 e. The molecule has 4 rings (SSSR count). The summed E-state index contributed by atoms with van der Waals surface area (Å²) in [6.45, 7) is 4.90. The molecule has 0 radical (unpaired) electrons. The highest BCUT2D eigenvalue weighted by Crippen LogP contribution is 2.24. The van der Waals surface area contributed by atoms with E-state index in [2.05, 4.69) is 10.1 Å². The minimum Gasteiger partial charge on any atom is -0.493 e. The molecule has 1 atom stereocenters. The van der Waals surface area contributed by atoms with Gasteiger partial charge in [0.15, 0.2) is 17.5 Å². The standard InChI is InChI=1S/C22H24F2N4O4/c1-13-21(32-14(2)25-13)22(29)28-7-9-31-20(12-28)19-10-15(27(3)26-19)6-8-30-16-4-5-17(23)18(24)11-16/h4-5,10-11,20H,6-9,12H2,1-3H3/t20-/m1/s1. The second-order valence-corrected chi connectivity index (χ2v) is 7.62. The number of hydrogen-bond acceptors (Lipinski definition) is 6. The molecule has 32 heavy (non-hydrogen) atoms. The molecule has 10 heteroatoms. The zero-order valence-corrected chi connectivity index (χ0v) is 18.1. The lowest BCUT2D eigenvalue weighted by Gasteiger charge is -2.31. The van der Waals surface area contributed by atoms with E-state index in [0.29, 0.717) is 43.4 Å². The molecule has 170 valence electrons. The first-order chi connectivity index (χ1) is 15.3. The van der Waals surface area contributed by atoms with E-state index in [1.165, 1.54) is 6.07 Å². The maximum Gasteiger partial charge on any atom is 0.291 e. The van der Waals surface area contributed by atoms with Gasteiger partial charge in [0.2, 0.25) is 5.76 Å². The van der Waals surface area contributed by atoms with Crippen LogP contribution in [0.4, 0.5) is 8.78 Å². The van der Waals surface area contributed by atoms with Crippen molar-refractivity contribution in [2.24, 2.45) is 7.05 Å². The van der Waals surface area contributed by atoms with E-state index in [4.69, 9.17) is 13.9 Å². The van der Waals surface area contributed by atoms with Crippen LogP contribution in [-0.2, 0) is 18.2 Å². The largest absolute Gasteiger partial charge is 0.493 e. The maximum absolute atomic E-state index is 13.3. The normalized spacial score (nSPS) is 16.4. The second-order valence-electron chi connectivity index (χ2n) is 7.62.